The molecule has 8 heteroatoms. The fourth-order valence-electron chi connectivity index (χ4n) is 3.22. The van der Waals surface area contributed by atoms with Crippen LogP contribution in [0.3, 0.4) is 0 Å². The first-order chi connectivity index (χ1) is 12.1. The molecule has 1 atom stereocenters. The van der Waals surface area contributed by atoms with Crippen LogP contribution in [0.15, 0.2) is 42.7 Å². The summed E-state index contributed by atoms with van der Waals surface area (Å²) in [5.74, 6) is -0.643. The third kappa shape index (κ3) is 2.78. The van der Waals surface area contributed by atoms with Crippen LogP contribution in [0.5, 0.6) is 0 Å². The molecule has 4 N–H and O–H groups in total. The Morgan fingerprint density at radius 2 is 2.24 bits per heavy atom. The molecule has 1 aliphatic heterocycles. The zero-order valence-corrected chi connectivity index (χ0v) is 13.3. The average molecular weight is 336 g/mol. The summed E-state index contributed by atoms with van der Waals surface area (Å²) in [6, 6.07) is 9.76. The number of fused-ring (bicyclic) bond motifs is 1. The van der Waals surface area contributed by atoms with Crippen molar-refractivity contribution < 1.29 is 9.59 Å². The van der Waals surface area contributed by atoms with Crippen molar-refractivity contribution in [3.63, 3.8) is 0 Å². The van der Waals surface area contributed by atoms with Gasteiger partial charge in [-0.15, -0.1) is 0 Å². The third-order valence-electron chi connectivity index (χ3n) is 4.30. The van der Waals surface area contributed by atoms with Crippen molar-refractivity contribution in [1.29, 1.82) is 0 Å². The lowest BCUT2D eigenvalue weighted by molar-refractivity contribution is -0.116. The fourth-order valence-corrected chi connectivity index (χ4v) is 3.22. The number of H-pyrrole nitrogens is 1. The molecule has 126 valence electrons. The minimum absolute atomic E-state index is 0.141. The molecule has 1 aromatic carbocycles. The Balaban J connectivity index is 1.74. The van der Waals surface area contributed by atoms with E-state index in [1.807, 2.05) is 41.2 Å². The molecule has 0 radical (unpaired) electrons. The number of carbonyl (C=O) groups excluding carboxylic acids is 2. The molecule has 3 heterocycles. The molecule has 3 aromatic rings. The lowest BCUT2D eigenvalue weighted by Crippen LogP contribution is -2.25. The number of carbonyl (C=O) groups is 2. The number of aromatic amines is 1. The highest BCUT2D eigenvalue weighted by Gasteiger charge is 2.33. The highest BCUT2D eigenvalue weighted by atomic mass is 16.2. The molecule has 1 aliphatic rings. The van der Waals surface area contributed by atoms with Crippen molar-refractivity contribution in [1.82, 2.24) is 20.0 Å². The number of amides is 2. The Morgan fingerprint density at radius 1 is 1.36 bits per heavy atom. The van der Waals surface area contributed by atoms with Gasteiger partial charge >= 0.3 is 0 Å². The first-order valence-corrected chi connectivity index (χ1v) is 7.86. The van der Waals surface area contributed by atoms with Crippen LogP contribution < -0.4 is 11.1 Å². The number of aromatic nitrogens is 4. The number of rotatable bonds is 4. The first kappa shape index (κ1) is 15.1. The van der Waals surface area contributed by atoms with E-state index >= 15 is 0 Å². The zero-order chi connectivity index (χ0) is 17.4. The summed E-state index contributed by atoms with van der Waals surface area (Å²) >= 11 is 0. The van der Waals surface area contributed by atoms with E-state index in [1.165, 1.54) is 0 Å². The van der Waals surface area contributed by atoms with Crippen LogP contribution in [0, 0.1) is 0 Å². The summed E-state index contributed by atoms with van der Waals surface area (Å²) in [6.07, 6.45) is 3.85. The molecule has 8 nitrogen and oxygen atoms in total. The van der Waals surface area contributed by atoms with Gasteiger partial charge in [-0.1, -0.05) is 24.3 Å². The monoisotopic (exact) mass is 336 g/mol. The van der Waals surface area contributed by atoms with Gasteiger partial charge < -0.3 is 11.1 Å². The normalized spacial score (nSPS) is 16.3. The molecule has 25 heavy (non-hydrogen) atoms. The number of hydrogen-bond acceptors (Lipinski definition) is 4. The van der Waals surface area contributed by atoms with E-state index < -0.39 is 5.91 Å². The molecule has 2 aromatic heterocycles. The molecule has 0 fully saturated rings. The van der Waals surface area contributed by atoms with Crippen molar-refractivity contribution in [3.8, 4) is 0 Å². The molecule has 0 spiro atoms. The maximum atomic E-state index is 12.0. The number of nitrogens with zero attached hydrogens (tertiary/aromatic N) is 3. The summed E-state index contributed by atoms with van der Waals surface area (Å²) in [4.78, 5) is 23.7. The molecule has 2 amide bonds. The number of benzene rings is 1. The quantitative estimate of drug-likeness (QED) is 0.664. The van der Waals surface area contributed by atoms with Crippen molar-refractivity contribution in [2.75, 3.05) is 5.32 Å². The Hall–Kier alpha value is -3.42. The maximum Gasteiger partial charge on any atom is 0.267 e. The van der Waals surface area contributed by atoms with Gasteiger partial charge in [-0.05, 0) is 17.2 Å². The second-order valence-corrected chi connectivity index (χ2v) is 5.98. The topological polar surface area (TPSA) is 119 Å². The van der Waals surface area contributed by atoms with Crippen LogP contribution in [0.1, 0.15) is 39.5 Å². The maximum absolute atomic E-state index is 12.0. The second-order valence-electron chi connectivity index (χ2n) is 5.98. The summed E-state index contributed by atoms with van der Waals surface area (Å²) in [5.41, 5.74) is 8.31. The van der Waals surface area contributed by atoms with Gasteiger partial charge in [-0.2, -0.15) is 10.2 Å². The standard InChI is InChI=1S/C17H16N6O2/c18-16(25)15-14-12(8-13(24)20-17(14)22-21-15)11-4-1-3-10(7-11)9-23-6-2-5-19-23/h1-7,12H,8-9H2,(H2,18,25)(H2,20,21,22,24). The average Bonchev–Trinajstić information content (AvgIpc) is 3.23. The summed E-state index contributed by atoms with van der Waals surface area (Å²) in [5, 5.41) is 13.5. The van der Waals surface area contributed by atoms with Gasteiger partial charge in [0.2, 0.25) is 5.91 Å². The molecular formula is C17H16N6O2. The predicted molar refractivity (Wildman–Crippen MR) is 90.0 cm³/mol. The molecule has 0 saturated heterocycles. The van der Waals surface area contributed by atoms with Gasteiger partial charge in [-0.3, -0.25) is 19.4 Å². The van der Waals surface area contributed by atoms with Crippen molar-refractivity contribution in [2.24, 2.45) is 5.73 Å². The summed E-state index contributed by atoms with van der Waals surface area (Å²) < 4.78 is 1.82. The fraction of sp³-hybridized carbons (Fsp3) is 0.176. The number of anilines is 1. The predicted octanol–water partition coefficient (Wildman–Crippen LogP) is 1.23. The molecular weight excluding hydrogens is 320 g/mol. The number of nitrogens with two attached hydrogens (primary N) is 1. The summed E-state index contributed by atoms with van der Waals surface area (Å²) in [6.45, 7) is 0.626. The van der Waals surface area contributed by atoms with Gasteiger partial charge in [0.05, 0.1) is 6.54 Å². The van der Waals surface area contributed by atoms with Crippen LogP contribution in [-0.2, 0) is 11.3 Å². The van der Waals surface area contributed by atoms with Gasteiger partial charge in [-0.25, -0.2) is 0 Å². The van der Waals surface area contributed by atoms with Gasteiger partial charge in [0, 0.05) is 30.3 Å². The van der Waals surface area contributed by atoms with E-state index in [-0.39, 0.29) is 23.9 Å². The number of nitrogens with one attached hydrogen (secondary N) is 2. The van der Waals surface area contributed by atoms with Crippen molar-refractivity contribution >= 4 is 17.6 Å². The lowest BCUT2D eigenvalue weighted by atomic mass is 9.85. The highest BCUT2D eigenvalue weighted by Crippen LogP contribution is 2.38. The second kappa shape index (κ2) is 5.90. The largest absolute Gasteiger partial charge is 0.364 e. The van der Waals surface area contributed by atoms with Crippen molar-refractivity contribution in [2.45, 2.75) is 18.9 Å². The van der Waals surface area contributed by atoms with Crippen LogP contribution >= 0.6 is 0 Å². The van der Waals surface area contributed by atoms with E-state index in [4.69, 9.17) is 5.73 Å². The van der Waals surface area contributed by atoms with Crippen molar-refractivity contribution in [3.05, 3.63) is 65.1 Å². The van der Waals surface area contributed by atoms with Gasteiger partial charge in [0.1, 0.15) is 5.69 Å². The SMILES string of the molecule is NC(=O)c1[nH]nc2c1C(c1cccc(Cn3cccn3)c1)CC(=O)N2. The van der Waals surface area contributed by atoms with E-state index in [2.05, 4.69) is 20.6 Å². The Labute approximate surface area is 143 Å². The Bertz CT molecular complexity index is 944. The van der Waals surface area contributed by atoms with E-state index in [9.17, 15) is 9.59 Å². The lowest BCUT2D eigenvalue weighted by Gasteiger charge is -2.23. The van der Waals surface area contributed by atoms with Crippen LogP contribution in [0.25, 0.3) is 0 Å². The molecule has 4 rings (SSSR count). The van der Waals surface area contributed by atoms with E-state index in [1.54, 1.807) is 6.20 Å². The summed E-state index contributed by atoms with van der Waals surface area (Å²) in [7, 11) is 0. The molecule has 0 saturated carbocycles. The van der Waals surface area contributed by atoms with E-state index in [0.717, 1.165) is 11.1 Å². The number of primary amides is 1. The van der Waals surface area contributed by atoms with Gasteiger partial charge in [0.25, 0.3) is 5.91 Å². The molecule has 1 unspecified atom stereocenters. The smallest absolute Gasteiger partial charge is 0.267 e. The van der Waals surface area contributed by atoms with Crippen LogP contribution in [-0.4, -0.2) is 31.8 Å². The minimum atomic E-state index is -0.595. The van der Waals surface area contributed by atoms with E-state index in [0.29, 0.717) is 17.9 Å². The third-order valence-corrected chi connectivity index (χ3v) is 4.30. The Kier molecular flexibility index (Phi) is 3.57. The molecule has 0 bridgehead atoms. The van der Waals surface area contributed by atoms with Crippen LogP contribution in [0.4, 0.5) is 5.82 Å². The number of hydrogen-bond donors (Lipinski definition) is 3. The zero-order valence-electron chi connectivity index (χ0n) is 13.3. The Morgan fingerprint density at radius 3 is 3.00 bits per heavy atom. The van der Waals surface area contributed by atoms with Crippen LogP contribution in [0.2, 0.25) is 0 Å². The highest BCUT2D eigenvalue weighted by molar-refractivity contribution is 6.00. The molecule has 0 aliphatic carbocycles. The minimum Gasteiger partial charge on any atom is -0.364 e. The first-order valence-electron chi connectivity index (χ1n) is 7.86. The van der Waals surface area contributed by atoms with Gasteiger partial charge in [0.15, 0.2) is 5.82 Å².